The Bertz CT molecular complexity index is 2800. The van der Waals surface area contributed by atoms with Gasteiger partial charge in [0, 0.05) is 27.4 Å². The van der Waals surface area contributed by atoms with Crippen molar-refractivity contribution in [3.63, 3.8) is 0 Å². The molecule has 10 rings (SSSR count). The number of fused-ring (bicyclic) bond motifs is 7. The number of furan rings is 1. The van der Waals surface area contributed by atoms with Crippen LogP contribution in [0.5, 0.6) is 0 Å². The minimum Gasteiger partial charge on any atom is -0.454 e. The Hall–Kier alpha value is -6.38. The van der Waals surface area contributed by atoms with E-state index in [1.807, 2.05) is 6.07 Å². The van der Waals surface area contributed by atoms with Crippen LogP contribution in [0, 0.1) is 0 Å². The third-order valence-electron chi connectivity index (χ3n) is 10.9. The third kappa shape index (κ3) is 4.57. The van der Waals surface area contributed by atoms with Crippen LogP contribution < -0.4 is 4.90 Å². The number of nitrogens with zero attached hydrogens (tertiary/aromatic N) is 1. The summed E-state index contributed by atoms with van der Waals surface area (Å²) in [5.41, 5.74) is 14.9. The Morgan fingerprint density at radius 2 is 1.10 bits per heavy atom. The van der Waals surface area contributed by atoms with Gasteiger partial charge in [0.05, 0.1) is 11.4 Å². The molecule has 0 bridgehead atoms. The van der Waals surface area contributed by atoms with Gasteiger partial charge in [0.15, 0.2) is 5.58 Å². The molecule has 1 aromatic heterocycles. The SMILES string of the molecule is CC1(C)c2ccccc2-c2c(-c3ccccc3N(c3cccc(-c4ccc5ccccc5c4)c3)c3cccc4c3oc3ccccc34)cccc21. The number of anilines is 3. The number of hydrogen-bond acceptors (Lipinski definition) is 2. The van der Waals surface area contributed by atoms with Crippen molar-refractivity contribution in [1.29, 1.82) is 0 Å². The molecule has 2 heteroatoms. The van der Waals surface area contributed by atoms with E-state index in [2.05, 4.69) is 189 Å². The molecule has 1 aliphatic carbocycles. The van der Waals surface area contributed by atoms with Crippen LogP contribution in [-0.4, -0.2) is 0 Å². The molecule has 0 spiro atoms. The highest BCUT2D eigenvalue weighted by Crippen LogP contribution is 2.54. The molecule has 0 saturated heterocycles. The van der Waals surface area contributed by atoms with Crippen LogP contribution in [0.15, 0.2) is 180 Å². The summed E-state index contributed by atoms with van der Waals surface area (Å²) >= 11 is 0. The predicted molar refractivity (Wildman–Crippen MR) is 214 cm³/mol. The first-order valence-electron chi connectivity index (χ1n) is 17.7. The fourth-order valence-electron chi connectivity index (χ4n) is 8.39. The third-order valence-corrected chi connectivity index (χ3v) is 10.9. The normalized spacial score (nSPS) is 13.1. The molecule has 9 aromatic rings. The summed E-state index contributed by atoms with van der Waals surface area (Å²) in [6, 6.07) is 63.6. The number of hydrogen-bond donors (Lipinski definition) is 0. The molecule has 0 saturated carbocycles. The highest BCUT2D eigenvalue weighted by molar-refractivity contribution is 6.11. The van der Waals surface area contributed by atoms with E-state index in [4.69, 9.17) is 4.42 Å². The summed E-state index contributed by atoms with van der Waals surface area (Å²) in [6.45, 7) is 4.69. The van der Waals surface area contributed by atoms with Gasteiger partial charge in [-0.1, -0.05) is 153 Å². The zero-order chi connectivity index (χ0) is 34.1. The van der Waals surface area contributed by atoms with E-state index in [0.717, 1.165) is 44.6 Å². The first-order chi connectivity index (χ1) is 25.1. The van der Waals surface area contributed by atoms with Crippen molar-refractivity contribution in [3.05, 3.63) is 187 Å². The highest BCUT2D eigenvalue weighted by Gasteiger charge is 2.37. The van der Waals surface area contributed by atoms with Gasteiger partial charge in [-0.15, -0.1) is 0 Å². The van der Waals surface area contributed by atoms with Crippen LogP contribution in [0.2, 0.25) is 0 Å². The van der Waals surface area contributed by atoms with E-state index >= 15 is 0 Å². The molecule has 8 aromatic carbocycles. The summed E-state index contributed by atoms with van der Waals surface area (Å²) in [4.78, 5) is 2.40. The van der Waals surface area contributed by atoms with Gasteiger partial charge in [-0.2, -0.15) is 0 Å². The lowest BCUT2D eigenvalue weighted by Gasteiger charge is -2.29. The Morgan fingerprint density at radius 1 is 0.451 bits per heavy atom. The first kappa shape index (κ1) is 29.5. The average molecular weight is 654 g/mol. The second kappa shape index (κ2) is 11.3. The lowest BCUT2D eigenvalue weighted by molar-refractivity contribution is 0.660. The summed E-state index contributed by atoms with van der Waals surface area (Å²) in [5, 5.41) is 4.69. The van der Waals surface area contributed by atoms with E-state index in [1.54, 1.807) is 0 Å². The lowest BCUT2D eigenvalue weighted by atomic mass is 9.82. The molecule has 0 N–H and O–H groups in total. The van der Waals surface area contributed by atoms with Crippen molar-refractivity contribution in [2.24, 2.45) is 0 Å². The van der Waals surface area contributed by atoms with Gasteiger partial charge >= 0.3 is 0 Å². The molecule has 242 valence electrons. The maximum Gasteiger partial charge on any atom is 0.159 e. The fourth-order valence-corrected chi connectivity index (χ4v) is 8.39. The minimum atomic E-state index is -0.0926. The Kier molecular flexibility index (Phi) is 6.56. The first-order valence-corrected chi connectivity index (χ1v) is 17.7. The summed E-state index contributed by atoms with van der Waals surface area (Å²) in [5.74, 6) is 0. The van der Waals surface area contributed by atoms with E-state index in [-0.39, 0.29) is 5.41 Å². The van der Waals surface area contributed by atoms with Crippen molar-refractivity contribution >= 4 is 49.8 Å². The molecule has 2 nitrogen and oxygen atoms in total. The molecule has 0 fully saturated rings. The molecule has 0 radical (unpaired) electrons. The van der Waals surface area contributed by atoms with Gasteiger partial charge in [-0.05, 0) is 86.1 Å². The minimum absolute atomic E-state index is 0.0926. The molecular weight excluding hydrogens is 619 g/mol. The van der Waals surface area contributed by atoms with Crippen molar-refractivity contribution in [2.75, 3.05) is 4.90 Å². The molecule has 51 heavy (non-hydrogen) atoms. The Morgan fingerprint density at radius 3 is 2.02 bits per heavy atom. The van der Waals surface area contributed by atoms with Crippen molar-refractivity contribution < 1.29 is 4.42 Å². The van der Waals surface area contributed by atoms with Crippen LogP contribution in [0.1, 0.15) is 25.0 Å². The van der Waals surface area contributed by atoms with Crippen molar-refractivity contribution in [1.82, 2.24) is 0 Å². The molecule has 1 aliphatic rings. The highest BCUT2D eigenvalue weighted by atomic mass is 16.3. The van der Waals surface area contributed by atoms with Gasteiger partial charge in [-0.25, -0.2) is 0 Å². The number of benzene rings is 8. The second-order valence-corrected chi connectivity index (χ2v) is 14.1. The van der Waals surface area contributed by atoms with E-state index in [1.165, 1.54) is 49.7 Å². The van der Waals surface area contributed by atoms with E-state index < -0.39 is 0 Å². The van der Waals surface area contributed by atoms with Crippen molar-refractivity contribution in [3.8, 4) is 33.4 Å². The number of para-hydroxylation sites is 3. The van der Waals surface area contributed by atoms with Crippen LogP contribution in [0.3, 0.4) is 0 Å². The second-order valence-electron chi connectivity index (χ2n) is 14.1. The molecule has 0 unspecified atom stereocenters. The molecule has 0 aliphatic heterocycles. The molecular formula is C49H35NO. The van der Waals surface area contributed by atoms with Gasteiger partial charge in [-0.3, -0.25) is 0 Å². The zero-order valence-corrected chi connectivity index (χ0v) is 28.6. The summed E-state index contributed by atoms with van der Waals surface area (Å²) in [7, 11) is 0. The van der Waals surface area contributed by atoms with Gasteiger partial charge in [0.1, 0.15) is 5.58 Å². The maximum absolute atomic E-state index is 6.72. The fraction of sp³-hybridized carbons (Fsp3) is 0.0612. The smallest absolute Gasteiger partial charge is 0.159 e. The standard InChI is InChI=1S/C49H35NO/c1-49(2)42-23-8-5-20-41(42)47-39(21-12-24-43(47)49)37-18-6-9-25-44(37)50(45-26-13-22-40-38-19-7-10-27-46(38)51-48(40)45)36-17-11-16-34(31-36)35-29-28-32-14-3-4-15-33(32)30-35/h3-31H,1-2H3. The molecule has 0 amide bonds. The molecule has 0 atom stereocenters. The van der Waals surface area contributed by atoms with Gasteiger partial charge in [0.25, 0.3) is 0 Å². The van der Waals surface area contributed by atoms with Gasteiger partial charge < -0.3 is 9.32 Å². The van der Waals surface area contributed by atoms with Crippen molar-refractivity contribution in [2.45, 2.75) is 19.3 Å². The average Bonchev–Trinajstić information content (AvgIpc) is 3.68. The van der Waals surface area contributed by atoms with Crippen LogP contribution >= 0.6 is 0 Å². The predicted octanol–water partition coefficient (Wildman–Crippen LogP) is 13.8. The summed E-state index contributed by atoms with van der Waals surface area (Å²) < 4.78 is 6.72. The maximum atomic E-state index is 6.72. The quantitative estimate of drug-likeness (QED) is 0.184. The van der Waals surface area contributed by atoms with E-state index in [9.17, 15) is 0 Å². The largest absolute Gasteiger partial charge is 0.454 e. The van der Waals surface area contributed by atoms with Crippen LogP contribution in [0.25, 0.3) is 66.1 Å². The molecule has 1 heterocycles. The zero-order valence-electron chi connectivity index (χ0n) is 28.6. The van der Waals surface area contributed by atoms with Crippen LogP contribution in [-0.2, 0) is 5.41 Å². The lowest BCUT2D eigenvalue weighted by Crippen LogP contribution is -2.15. The Balaban J connectivity index is 1.24. The monoisotopic (exact) mass is 653 g/mol. The summed E-state index contributed by atoms with van der Waals surface area (Å²) in [6.07, 6.45) is 0. The van der Waals surface area contributed by atoms with Gasteiger partial charge in [0.2, 0.25) is 0 Å². The topological polar surface area (TPSA) is 16.4 Å². The van der Waals surface area contributed by atoms with E-state index in [0.29, 0.717) is 0 Å². The van der Waals surface area contributed by atoms with Crippen LogP contribution in [0.4, 0.5) is 17.1 Å². The number of rotatable bonds is 5. The Labute approximate surface area is 297 Å².